The minimum Gasteiger partial charge on any atom is -0.478 e. The van der Waals surface area contributed by atoms with Crippen LogP contribution in [-0.4, -0.2) is 59.0 Å². The Hall–Kier alpha value is -3.16. The Balaban J connectivity index is 1.34. The van der Waals surface area contributed by atoms with Crippen molar-refractivity contribution in [1.29, 1.82) is 0 Å². The number of anilines is 2. The number of aromatic nitrogens is 2. The normalized spacial score (nSPS) is 19.4. The maximum atomic E-state index is 12.6. The first kappa shape index (κ1) is 16.3. The molecule has 1 aromatic carbocycles. The SMILES string of the molecule is O=C1Nc2ccccc2OC1CC(=O)N1CCN(c2ncccn2)CC1. The Morgan fingerprint density at radius 3 is 2.62 bits per heavy atom. The van der Waals surface area contributed by atoms with E-state index in [2.05, 4.69) is 15.3 Å². The number of nitrogens with one attached hydrogen (secondary N) is 1. The van der Waals surface area contributed by atoms with Crippen molar-refractivity contribution in [2.24, 2.45) is 0 Å². The van der Waals surface area contributed by atoms with E-state index in [-0.39, 0.29) is 18.2 Å². The number of rotatable bonds is 3. The van der Waals surface area contributed by atoms with Crippen molar-refractivity contribution in [3.8, 4) is 5.75 Å². The summed E-state index contributed by atoms with van der Waals surface area (Å²) in [6.45, 7) is 2.47. The lowest BCUT2D eigenvalue weighted by Crippen LogP contribution is -2.51. The summed E-state index contributed by atoms with van der Waals surface area (Å²) in [5.41, 5.74) is 0.637. The van der Waals surface area contributed by atoms with Gasteiger partial charge in [0, 0.05) is 38.6 Å². The van der Waals surface area contributed by atoms with Crippen LogP contribution < -0.4 is 15.0 Å². The van der Waals surface area contributed by atoms with Gasteiger partial charge in [0.2, 0.25) is 11.9 Å². The van der Waals surface area contributed by atoms with E-state index >= 15 is 0 Å². The number of hydrogen-bond acceptors (Lipinski definition) is 6. The molecule has 0 radical (unpaired) electrons. The second kappa shape index (κ2) is 6.99. The van der Waals surface area contributed by atoms with Crippen LogP contribution in [-0.2, 0) is 9.59 Å². The minimum absolute atomic E-state index is 0.0298. The molecule has 8 nitrogen and oxygen atoms in total. The van der Waals surface area contributed by atoms with Gasteiger partial charge in [-0.2, -0.15) is 0 Å². The molecule has 1 fully saturated rings. The topological polar surface area (TPSA) is 87.7 Å². The molecule has 1 aromatic heterocycles. The van der Waals surface area contributed by atoms with Gasteiger partial charge in [-0.15, -0.1) is 0 Å². The van der Waals surface area contributed by atoms with E-state index in [0.717, 1.165) is 0 Å². The highest BCUT2D eigenvalue weighted by atomic mass is 16.5. The molecule has 134 valence electrons. The number of hydrogen-bond donors (Lipinski definition) is 1. The van der Waals surface area contributed by atoms with Gasteiger partial charge in [0.25, 0.3) is 5.91 Å². The molecule has 2 aliphatic heterocycles. The van der Waals surface area contributed by atoms with Gasteiger partial charge < -0.3 is 19.9 Å². The highest BCUT2D eigenvalue weighted by Gasteiger charge is 2.32. The number of carbonyl (C=O) groups is 2. The van der Waals surface area contributed by atoms with Crippen molar-refractivity contribution in [3.63, 3.8) is 0 Å². The van der Waals surface area contributed by atoms with Crippen LogP contribution in [0.25, 0.3) is 0 Å². The van der Waals surface area contributed by atoms with E-state index in [1.807, 2.05) is 17.0 Å². The molecule has 26 heavy (non-hydrogen) atoms. The van der Waals surface area contributed by atoms with Crippen LogP contribution >= 0.6 is 0 Å². The lowest BCUT2D eigenvalue weighted by molar-refractivity contribution is -0.137. The average molecular weight is 353 g/mol. The molecular formula is C18H19N5O3. The predicted molar refractivity (Wildman–Crippen MR) is 94.9 cm³/mol. The van der Waals surface area contributed by atoms with Crippen LogP contribution in [0.4, 0.5) is 11.6 Å². The summed E-state index contributed by atoms with van der Waals surface area (Å²) in [6.07, 6.45) is 2.64. The monoisotopic (exact) mass is 353 g/mol. The zero-order valence-electron chi connectivity index (χ0n) is 14.2. The first-order valence-electron chi connectivity index (χ1n) is 8.57. The van der Waals surface area contributed by atoms with Gasteiger partial charge in [0.1, 0.15) is 5.75 Å². The van der Waals surface area contributed by atoms with Crippen LogP contribution in [0, 0.1) is 0 Å². The Kier molecular flexibility index (Phi) is 4.39. The van der Waals surface area contributed by atoms with Gasteiger partial charge in [0.05, 0.1) is 12.1 Å². The van der Waals surface area contributed by atoms with E-state index < -0.39 is 6.10 Å². The standard InChI is InChI=1S/C18H19N5O3/c24-16(12-15-17(25)21-13-4-1-2-5-14(13)26-15)22-8-10-23(11-9-22)18-19-6-3-7-20-18/h1-7,15H,8-12H2,(H,21,25). The Bertz CT molecular complexity index is 805. The zero-order chi connectivity index (χ0) is 17.9. The van der Waals surface area contributed by atoms with Gasteiger partial charge in [0.15, 0.2) is 6.10 Å². The van der Waals surface area contributed by atoms with Crippen molar-refractivity contribution in [2.75, 3.05) is 36.4 Å². The third kappa shape index (κ3) is 3.30. The number of fused-ring (bicyclic) bond motifs is 1. The molecule has 2 amide bonds. The number of benzene rings is 1. The summed E-state index contributed by atoms with van der Waals surface area (Å²) in [5.74, 6) is 0.897. The molecular weight excluding hydrogens is 334 g/mol. The summed E-state index contributed by atoms with van der Waals surface area (Å²) < 4.78 is 5.71. The largest absolute Gasteiger partial charge is 0.478 e. The lowest BCUT2D eigenvalue weighted by Gasteiger charge is -2.35. The van der Waals surface area contributed by atoms with Crippen molar-refractivity contribution in [1.82, 2.24) is 14.9 Å². The molecule has 8 heteroatoms. The Morgan fingerprint density at radius 1 is 1.12 bits per heavy atom. The molecule has 0 saturated carbocycles. The number of para-hydroxylation sites is 2. The van der Waals surface area contributed by atoms with Crippen molar-refractivity contribution in [2.45, 2.75) is 12.5 Å². The van der Waals surface area contributed by atoms with Crippen LogP contribution in [0.2, 0.25) is 0 Å². The molecule has 4 rings (SSSR count). The summed E-state index contributed by atoms with van der Waals surface area (Å²) in [6, 6.07) is 8.99. The lowest BCUT2D eigenvalue weighted by atomic mass is 10.1. The third-order valence-corrected chi connectivity index (χ3v) is 4.53. The van der Waals surface area contributed by atoms with E-state index in [1.165, 1.54) is 0 Å². The summed E-state index contributed by atoms with van der Waals surface area (Å²) in [4.78, 5) is 37.0. The number of ether oxygens (including phenoxy) is 1. The van der Waals surface area contributed by atoms with E-state index in [0.29, 0.717) is 43.6 Å². The van der Waals surface area contributed by atoms with Crippen LogP contribution in [0.5, 0.6) is 5.75 Å². The number of amides is 2. The Labute approximate surface area is 150 Å². The quantitative estimate of drug-likeness (QED) is 0.883. The first-order valence-corrected chi connectivity index (χ1v) is 8.57. The van der Waals surface area contributed by atoms with Crippen LogP contribution in [0.15, 0.2) is 42.7 Å². The summed E-state index contributed by atoms with van der Waals surface area (Å²) in [5, 5.41) is 2.79. The molecule has 2 aliphatic rings. The fraction of sp³-hybridized carbons (Fsp3) is 0.333. The molecule has 2 aromatic rings. The van der Waals surface area contributed by atoms with E-state index in [1.54, 1.807) is 35.5 Å². The second-order valence-corrected chi connectivity index (χ2v) is 6.21. The van der Waals surface area contributed by atoms with Gasteiger partial charge in [-0.1, -0.05) is 12.1 Å². The molecule has 3 heterocycles. The average Bonchev–Trinajstić information content (AvgIpc) is 2.69. The van der Waals surface area contributed by atoms with Gasteiger partial charge >= 0.3 is 0 Å². The maximum absolute atomic E-state index is 12.6. The fourth-order valence-electron chi connectivity index (χ4n) is 3.13. The molecule has 1 atom stereocenters. The molecule has 0 bridgehead atoms. The third-order valence-electron chi connectivity index (χ3n) is 4.53. The Morgan fingerprint density at radius 2 is 1.85 bits per heavy atom. The van der Waals surface area contributed by atoms with Crippen molar-refractivity contribution in [3.05, 3.63) is 42.7 Å². The molecule has 1 unspecified atom stereocenters. The van der Waals surface area contributed by atoms with Crippen LogP contribution in [0.3, 0.4) is 0 Å². The fourth-order valence-corrected chi connectivity index (χ4v) is 3.13. The molecule has 0 spiro atoms. The van der Waals surface area contributed by atoms with Crippen molar-refractivity contribution < 1.29 is 14.3 Å². The molecule has 0 aliphatic carbocycles. The van der Waals surface area contributed by atoms with E-state index in [9.17, 15) is 9.59 Å². The smallest absolute Gasteiger partial charge is 0.266 e. The van der Waals surface area contributed by atoms with Gasteiger partial charge in [-0.3, -0.25) is 9.59 Å². The number of carbonyl (C=O) groups excluding carboxylic acids is 2. The molecule has 1 saturated heterocycles. The highest BCUT2D eigenvalue weighted by Crippen LogP contribution is 2.29. The maximum Gasteiger partial charge on any atom is 0.266 e. The second-order valence-electron chi connectivity index (χ2n) is 6.21. The summed E-state index contributed by atoms with van der Waals surface area (Å²) in [7, 11) is 0. The number of nitrogens with zero attached hydrogens (tertiary/aromatic N) is 4. The summed E-state index contributed by atoms with van der Waals surface area (Å²) >= 11 is 0. The van der Waals surface area contributed by atoms with Crippen molar-refractivity contribution >= 4 is 23.5 Å². The zero-order valence-corrected chi connectivity index (χ0v) is 14.2. The van der Waals surface area contributed by atoms with Gasteiger partial charge in [-0.05, 0) is 18.2 Å². The minimum atomic E-state index is -0.798. The van der Waals surface area contributed by atoms with Gasteiger partial charge in [-0.25, -0.2) is 9.97 Å². The predicted octanol–water partition coefficient (Wildman–Crippen LogP) is 0.915. The molecule has 1 N–H and O–H groups in total. The van der Waals surface area contributed by atoms with E-state index in [4.69, 9.17) is 4.74 Å². The number of piperazine rings is 1. The first-order chi connectivity index (χ1) is 12.7. The highest BCUT2D eigenvalue weighted by molar-refractivity contribution is 5.99. The van der Waals surface area contributed by atoms with Crippen LogP contribution in [0.1, 0.15) is 6.42 Å².